The molecule has 4 heterocycles. The van der Waals surface area contributed by atoms with Crippen molar-refractivity contribution in [3.63, 3.8) is 0 Å². The van der Waals surface area contributed by atoms with Crippen LogP contribution in [-0.4, -0.2) is 111 Å². The van der Waals surface area contributed by atoms with E-state index in [9.17, 15) is 14.4 Å². The number of anilines is 2. The van der Waals surface area contributed by atoms with Crippen molar-refractivity contribution in [2.24, 2.45) is 5.73 Å². The highest BCUT2D eigenvalue weighted by molar-refractivity contribution is 9.09. The number of alkyl halides is 2. The number of carbonyl (C=O) groups is 3. The Morgan fingerprint density at radius 2 is 1.63 bits per heavy atom. The predicted molar refractivity (Wildman–Crippen MR) is 189 cm³/mol. The van der Waals surface area contributed by atoms with Gasteiger partial charge in [0.2, 0.25) is 5.91 Å². The van der Waals surface area contributed by atoms with E-state index in [1.807, 2.05) is 59.5 Å². The smallest absolute Gasteiger partial charge is 0.325 e. The van der Waals surface area contributed by atoms with Gasteiger partial charge in [-0.05, 0) is 69.0 Å². The van der Waals surface area contributed by atoms with Crippen LogP contribution in [0.5, 0.6) is 0 Å². The van der Waals surface area contributed by atoms with Gasteiger partial charge in [0.1, 0.15) is 11.7 Å². The van der Waals surface area contributed by atoms with Gasteiger partial charge in [-0.25, -0.2) is 9.59 Å². The minimum Gasteiger partial charge on any atom is -0.341 e. The zero-order chi connectivity index (χ0) is 32.3. The third kappa shape index (κ3) is 6.81. The Morgan fingerprint density at radius 3 is 2.33 bits per heavy atom. The number of nitrogens with zero attached hydrogens (tertiary/aromatic N) is 5. The topological polar surface area (TPSA) is 105 Å². The number of urea groups is 2. The zero-order valence-corrected chi connectivity index (χ0v) is 29.5. The first-order valence-corrected chi connectivity index (χ1v) is 18.7. The molecule has 3 fully saturated rings. The Balaban J connectivity index is 1.16. The second kappa shape index (κ2) is 14.6. The molecule has 0 radical (unpaired) electrons. The van der Waals surface area contributed by atoms with Crippen LogP contribution in [0.4, 0.5) is 21.0 Å². The molecule has 3 atom stereocenters. The Labute approximate surface area is 288 Å². The van der Waals surface area contributed by atoms with Crippen LogP contribution in [0.1, 0.15) is 44.1 Å². The van der Waals surface area contributed by atoms with Gasteiger partial charge in [-0.3, -0.25) is 9.69 Å². The molecule has 6 rings (SSSR count). The summed E-state index contributed by atoms with van der Waals surface area (Å²) in [5.41, 5.74) is 8.56. The standard InChI is InChI=1S/C34H45Br2N7O3/c35-23-29(31(44)40-19-14-26(15-20-40)39-17-7-2-8-18-39)43(27-10-3-1-4-11-27)33(46)41-22-16-34(37,30(36)24-41)42-21-13-25-9-5-6-12-28(25)38-32(42)45/h1,3-6,9-12,26,29-30H,2,7-8,13-24,37H2,(H,38,45)/t29-,30?,34?/m0/s1. The summed E-state index contributed by atoms with van der Waals surface area (Å²) in [6.45, 7) is 4.82. The van der Waals surface area contributed by atoms with Crippen LogP contribution in [0.3, 0.4) is 0 Å². The number of hydrogen-bond acceptors (Lipinski definition) is 5. The number of para-hydroxylation sites is 2. The van der Waals surface area contributed by atoms with Crippen LogP contribution in [-0.2, 0) is 11.2 Å². The fraction of sp³-hybridized carbons (Fsp3) is 0.559. The van der Waals surface area contributed by atoms with Gasteiger partial charge in [0, 0.05) is 61.9 Å². The van der Waals surface area contributed by atoms with Crippen molar-refractivity contribution >= 4 is 61.2 Å². The highest BCUT2D eigenvalue weighted by Gasteiger charge is 2.48. The number of amides is 5. The summed E-state index contributed by atoms with van der Waals surface area (Å²) < 4.78 is 0. The van der Waals surface area contributed by atoms with Crippen LogP contribution in [0.2, 0.25) is 0 Å². The molecule has 10 nitrogen and oxygen atoms in total. The summed E-state index contributed by atoms with van der Waals surface area (Å²) in [7, 11) is 0. The Kier molecular flexibility index (Phi) is 10.6. The number of hydrogen-bond donors (Lipinski definition) is 2. The summed E-state index contributed by atoms with van der Waals surface area (Å²) in [5.74, 6) is -0.0347. The molecule has 5 amide bonds. The third-order valence-corrected chi connectivity index (χ3v) is 11.9. The van der Waals surface area contributed by atoms with E-state index in [2.05, 4.69) is 42.1 Å². The highest BCUT2D eigenvalue weighted by atomic mass is 79.9. The average Bonchev–Trinajstić information content (AvgIpc) is 3.27. The van der Waals surface area contributed by atoms with E-state index in [0.717, 1.165) is 37.2 Å². The van der Waals surface area contributed by atoms with Crippen LogP contribution in [0, 0.1) is 0 Å². The normalized spacial score (nSPS) is 25.3. The van der Waals surface area contributed by atoms with Crippen LogP contribution in [0.15, 0.2) is 54.6 Å². The van der Waals surface area contributed by atoms with Gasteiger partial charge < -0.3 is 30.7 Å². The molecule has 3 N–H and O–H groups in total. The molecule has 0 spiro atoms. The first-order chi connectivity index (χ1) is 22.3. The maximum absolute atomic E-state index is 14.4. The molecular formula is C34H45Br2N7O3. The number of fused-ring (bicyclic) bond motifs is 1. The van der Waals surface area contributed by atoms with Gasteiger partial charge in [0.15, 0.2) is 0 Å². The number of nitrogens with one attached hydrogen (secondary N) is 1. The number of halogens is 2. The van der Waals surface area contributed by atoms with Crippen LogP contribution < -0.4 is 16.0 Å². The van der Waals surface area contributed by atoms with Gasteiger partial charge in [-0.2, -0.15) is 0 Å². The minimum atomic E-state index is -0.996. The van der Waals surface area contributed by atoms with Crippen LogP contribution in [0.25, 0.3) is 0 Å². The molecular weight excluding hydrogens is 714 g/mol. The van der Waals surface area contributed by atoms with Gasteiger partial charge >= 0.3 is 12.1 Å². The van der Waals surface area contributed by atoms with E-state index >= 15 is 0 Å². The lowest BCUT2D eigenvalue weighted by Gasteiger charge is -2.49. The SMILES string of the molecule is NC1(N2CCc3ccccc3NC2=O)CCN(C(=O)N(c2ccccc2)[C@@H](CBr)C(=O)N2CCC(N3CCCCC3)CC2)CC1Br. The molecule has 2 aromatic rings. The number of rotatable bonds is 6. The second-order valence-corrected chi connectivity index (χ2v) is 14.7. The molecule has 0 saturated carbocycles. The summed E-state index contributed by atoms with van der Waals surface area (Å²) in [5, 5.41) is 3.34. The summed E-state index contributed by atoms with van der Waals surface area (Å²) >= 11 is 7.39. The Hall–Kier alpha value is -2.67. The van der Waals surface area contributed by atoms with Gasteiger partial charge in [0.25, 0.3) is 0 Å². The Morgan fingerprint density at radius 1 is 0.935 bits per heavy atom. The number of piperidine rings is 3. The highest BCUT2D eigenvalue weighted by Crippen LogP contribution is 2.34. The van der Waals surface area contributed by atoms with Crippen molar-refractivity contribution in [2.75, 3.05) is 61.4 Å². The third-order valence-electron chi connectivity index (χ3n) is 10.3. The molecule has 0 bridgehead atoms. The molecule has 4 aliphatic rings. The number of nitrogens with two attached hydrogens (primary N) is 1. The molecule has 0 aliphatic carbocycles. The molecule has 248 valence electrons. The molecule has 0 aromatic heterocycles. The van der Waals surface area contributed by atoms with E-state index in [-0.39, 0.29) is 22.8 Å². The largest absolute Gasteiger partial charge is 0.341 e. The van der Waals surface area contributed by atoms with Crippen molar-refractivity contribution in [3.8, 4) is 0 Å². The van der Waals surface area contributed by atoms with E-state index < -0.39 is 11.7 Å². The maximum atomic E-state index is 14.4. The maximum Gasteiger partial charge on any atom is 0.325 e. The summed E-state index contributed by atoms with van der Waals surface area (Å²) in [6.07, 6.45) is 6.83. The predicted octanol–water partition coefficient (Wildman–Crippen LogP) is 5.07. The fourth-order valence-electron chi connectivity index (χ4n) is 7.52. The van der Waals surface area contributed by atoms with Crippen LogP contribution >= 0.6 is 31.9 Å². The number of likely N-dealkylation sites (tertiary alicyclic amines) is 3. The minimum absolute atomic E-state index is 0.0347. The fourth-order valence-corrected chi connectivity index (χ4v) is 8.91. The quantitative estimate of drug-likeness (QED) is 0.401. The van der Waals surface area contributed by atoms with Crippen molar-refractivity contribution in [1.29, 1.82) is 0 Å². The monoisotopic (exact) mass is 757 g/mol. The van der Waals surface area contributed by atoms with Gasteiger partial charge in [0.05, 0.1) is 4.83 Å². The molecule has 46 heavy (non-hydrogen) atoms. The Bertz CT molecular complexity index is 1390. The van der Waals surface area contributed by atoms with Gasteiger partial charge in [-0.15, -0.1) is 0 Å². The first-order valence-electron chi connectivity index (χ1n) is 16.6. The van der Waals surface area contributed by atoms with E-state index in [0.29, 0.717) is 62.6 Å². The summed E-state index contributed by atoms with van der Waals surface area (Å²) in [4.78, 5) is 51.2. The molecule has 3 saturated heterocycles. The van der Waals surface area contributed by atoms with Crippen molar-refractivity contribution in [1.82, 2.24) is 19.6 Å². The van der Waals surface area contributed by atoms with E-state index in [1.165, 1.54) is 19.3 Å². The number of benzene rings is 2. The molecule has 2 aromatic carbocycles. The summed E-state index contributed by atoms with van der Waals surface area (Å²) in [6, 6.07) is 16.6. The molecule has 2 unspecified atom stereocenters. The van der Waals surface area contributed by atoms with E-state index in [1.54, 1.807) is 14.7 Å². The van der Waals surface area contributed by atoms with Crippen molar-refractivity contribution < 1.29 is 14.4 Å². The number of carbonyl (C=O) groups excluding carboxylic acids is 3. The lowest BCUT2D eigenvalue weighted by atomic mass is 9.95. The average molecular weight is 760 g/mol. The molecule has 12 heteroatoms. The zero-order valence-electron chi connectivity index (χ0n) is 26.3. The van der Waals surface area contributed by atoms with Crippen molar-refractivity contribution in [3.05, 3.63) is 60.2 Å². The van der Waals surface area contributed by atoms with Crippen molar-refractivity contribution in [2.45, 2.75) is 67.5 Å². The second-order valence-electron chi connectivity index (χ2n) is 13.0. The first kappa shape index (κ1) is 33.2. The van der Waals surface area contributed by atoms with E-state index in [4.69, 9.17) is 5.73 Å². The van der Waals surface area contributed by atoms with Gasteiger partial charge in [-0.1, -0.05) is 74.7 Å². The molecule has 4 aliphatic heterocycles. The lowest BCUT2D eigenvalue weighted by Crippen LogP contribution is -2.70. The lowest BCUT2D eigenvalue weighted by molar-refractivity contribution is -0.133.